The zero-order chi connectivity index (χ0) is 19.1. The van der Waals surface area contributed by atoms with Gasteiger partial charge in [0.2, 0.25) is 0 Å². The van der Waals surface area contributed by atoms with Gasteiger partial charge in [0.05, 0.1) is 12.8 Å². The molecule has 0 unspecified atom stereocenters. The van der Waals surface area contributed by atoms with E-state index in [1.165, 1.54) is 7.11 Å². The Kier molecular flexibility index (Phi) is 6.25. The highest BCUT2D eigenvalue weighted by Crippen LogP contribution is 2.26. The monoisotopic (exact) mass is 368 g/mol. The van der Waals surface area contributed by atoms with Gasteiger partial charge in [-0.05, 0) is 49.1 Å². The van der Waals surface area contributed by atoms with E-state index in [2.05, 4.69) is 25.3 Å². The van der Waals surface area contributed by atoms with E-state index in [-0.39, 0.29) is 12.0 Å². The van der Waals surface area contributed by atoms with Gasteiger partial charge in [-0.3, -0.25) is 4.79 Å². The molecule has 1 fully saturated rings. The van der Waals surface area contributed by atoms with E-state index < -0.39 is 0 Å². The van der Waals surface area contributed by atoms with Gasteiger partial charge >= 0.3 is 12.0 Å². The number of rotatable bonds is 6. The third kappa shape index (κ3) is 5.20. The largest absolute Gasteiger partial charge is 0.469 e. The highest BCUT2D eigenvalue weighted by atomic mass is 16.5. The fraction of sp³-hybridized carbons (Fsp3) is 0.350. The average molecular weight is 368 g/mol. The van der Waals surface area contributed by atoms with Crippen LogP contribution in [0.3, 0.4) is 0 Å². The summed E-state index contributed by atoms with van der Waals surface area (Å²) < 4.78 is 4.64. The number of urea groups is 1. The second-order valence-electron chi connectivity index (χ2n) is 6.42. The van der Waals surface area contributed by atoms with E-state index in [1.54, 1.807) is 6.20 Å². The number of methoxy groups -OCH3 is 1. The fourth-order valence-corrected chi connectivity index (χ4v) is 3.06. The predicted octanol–water partition coefficient (Wildman–Crippen LogP) is 3.43. The van der Waals surface area contributed by atoms with Crippen molar-refractivity contribution in [1.29, 1.82) is 0 Å². The molecular formula is C20H24N4O3. The Morgan fingerprint density at radius 3 is 2.56 bits per heavy atom. The first-order chi connectivity index (χ1) is 13.2. The van der Waals surface area contributed by atoms with Crippen LogP contribution in [0.1, 0.15) is 24.8 Å². The third-order valence-corrected chi connectivity index (χ3v) is 4.50. The van der Waals surface area contributed by atoms with Gasteiger partial charge in [-0.1, -0.05) is 12.1 Å². The van der Waals surface area contributed by atoms with Crippen LogP contribution in [-0.2, 0) is 16.0 Å². The summed E-state index contributed by atoms with van der Waals surface area (Å²) in [7, 11) is 1.38. The Labute approximate surface area is 158 Å². The molecule has 0 aliphatic carbocycles. The van der Waals surface area contributed by atoms with Crippen LogP contribution in [0.15, 0.2) is 42.6 Å². The molecule has 1 aliphatic rings. The van der Waals surface area contributed by atoms with Gasteiger partial charge in [0.25, 0.3) is 0 Å². The molecule has 7 heteroatoms. The van der Waals surface area contributed by atoms with E-state index in [0.717, 1.165) is 37.3 Å². The van der Waals surface area contributed by atoms with Crippen LogP contribution in [0.5, 0.6) is 0 Å². The molecule has 2 heterocycles. The fourth-order valence-electron chi connectivity index (χ4n) is 3.06. The second-order valence-corrected chi connectivity index (χ2v) is 6.42. The van der Waals surface area contributed by atoms with E-state index in [0.29, 0.717) is 24.2 Å². The lowest BCUT2D eigenvalue weighted by Gasteiger charge is -2.20. The van der Waals surface area contributed by atoms with Gasteiger partial charge in [-0.2, -0.15) is 0 Å². The van der Waals surface area contributed by atoms with Crippen molar-refractivity contribution in [2.24, 2.45) is 0 Å². The minimum absolute atomic E-state index is 0.234. The first kappa shape index (κ1) is 18.7. The maximum atomic E-state index is 12.4. The highest BCUT2D eigenvalue weighted by Gasteiger charge is 2.17. The Bertz CT molecular complexity index is 786. The second kappa shape index (κ2) is 9.02. The van der Waals surface area contributed by atoms with Crippen molar-refractivity contribution in [3.8, 4) is 0 Å². The van der Waals surface area contributed by atoms with Gasteiger partial charge in [-0.15, -0.1) is 0 Å². The number of ether oxygens (including phenoxy) is 1. The highest BCUT2D eigenvalue weighted by molar-refractivity contribution is 6.01. The van der Waals surface area contributed by atoms with Crippen molar-refractivity contribution >= 4 is 29.2 Å². The Hall–Kier alpha value is -3.09. The van der Waals surface area contributed by atoms with E-state index in [9.17, 15) is 9.59 Å². The number of carbonyl (C=O) groups excluding carboxylic acids is 2. The molecule has 0 atom stereocenters. The molecule has 1 aromatic heterocycles. The summed E-state index contributed by atoms with van der Waals surface area (Å²) in [6, 6.07) is 10.8. The van der Waals surface area contributed by atoms with Crippen molar-refractivity contribution in [1.82, 2.24) is 4.98 Å². The summed E-state index contributed by atoms with van der Waals surface area (Å²) in [5.74, 6) is 0.574. The number of hydrogen-bond donors (Lipinski definition) is 2. The number of pyridine rings is 1. The number of nitrogens with zero attached hydrogens (tertiary/aromatic N) is 2. The van der Waals surface area contributed by atoms with Crippen molar-refractivity contribution in [3.63, 3.8) is 0 Å². The van der Waals surface area contributed by atoms with Crippen molar-refractivity contribution < 1.29 is 14.3 Å². The molecule has 2 amide bonds. The minimum atomic E-state index is -0.314. The number of esters is 1. The molecular weight excluding hydrogens is 344 g/mol. The summed E-state index contributed by atoms with van der Waals surface area (Å²) >= 11 is 0. The SMILES string of the molecule is COC(=O)CCc1ccc(NC(=O)Nc2cccnc2N2CCCC2)cc1. The zero-order valence-electron chi connectivity index (χ0n) is 15.4. The van der Waals surface area contributed by atoms with Crippen molar-refractivity contribution in [2.75, 3.05) is 35.7 Å². The Morgan fingerprint density at radius 2 is 1.85 bits per heavy atom. The number of hydrogen-bond acceptors (Lipinski definition) is 5. The van der Waals surface area contributed by atoms with Crippen molar-refractivity contribution in [3.05, 3.63) is 48.2 Å². The maximum absolute atomic E-state index is 12.4. The summed E-state index contributed by atoms with van der Waals surface area (Å²) in [4.78, 5) is 30.2. The maximum Gasteiger partial charge on any atom is 0.323 e. The number of benzene rings is 1. The normalized spacial score (nSPS) is 13.3. The van der Waals surface area contributed by atoms with Gasteiger partial charge in [0, 0.05) is 31.4 Å². The molecule has 3 rings (SSSR count). The van der Waals surface area contributed by atoms with Crippen LogP contribution >= 0.6 is 0 Å². The van der Waals surface area contributed by atoms with E-state index >= 15 is 0 Å². The molecule has 27 heavy (non-hydrogen) atoms. The lowest BCUT2D eigenvalue weighted by molar-refractivity contribution is -0.140. The van der Waals surface area contributed by atoms with Crippen LogP contribution < -0.4 is 15.5 Å². The summed E-state index contributed by atoms with van der Waals surface area (Å²) in [5, 5.41) is 5.71. The predicted molar refractivity (Wildman–Crippen MR) is 105 cm³/mol. The molecule has 2 aromatic rings. The van der Waals surface area contributed by atoms with Crippen LogP contribution in [-0.4, -0.2) is 37.2 Å². The van der Waals surface area contributed by atoms with Crippen LogP contribution in [0.2, 0.25) is 0 Å². The minimum Gasteiger partial charge on any atom is -0.469 e. The van der Waals surface area contributed by atoms with Gasteiger partial charge < -0.3 is 20.3 Å². The van der Waals surface area contributed by atoms with E-state index in [4.69, 9.17) is 0 Å². The molecule has 0 spiro atoms. The number of carbonyl (C=O) groups is 2. The third-order valence-electron chi connectivity index (χ3n) is 4.50. The zero-order valence-corrected chi connectivity index (χ0v) is 15.4. The number of aryl methyl sites for hydroxylation is 1. The molecule has 0 bridgehead atoms. The number of amides is 2. The quantitative estimate of drug-likeness (QED) is 0.763. The first-order valence-corrected chi connectivity index (χ1v) is 9.09. The molecule has 0 radical (unpaired) electrons. The number of aromatic nitrogens is 1. The summed E-state index contributed by atoms with van der Waals surface area (Å²) in [5.41, 5.74) is 2.39. The topological polar surface area (TPSA) is 83.6 Å². The first-order valence-electron chi connectivity index (χ1n) is 9.09. The molecule has 2 N–H and O–H groups in total. The van der Waals surface area contributed by atoms with Crippen molar-refractivity contribution in [2.45, 2.75) is 25.7 Å². The summed E-state index contributed by atoms with van der Waals surface area (Å²) in [6.45, 7) is 1.92. The molecule has 1 saturated heterocycles. The molecule has 142 valence electrons. The smallest absolute Gasteiger partial charge is 0.323 e. The van der Waals surface area contributed by atoms with Crippen LogP contribution in [0, 0.1) is 0 Å². The molecule has 7 nitrogen and oxygen atoms in total. The average Bonchev–Trinajstić information content (AvgIpc) is 3.22. The number of nitrogens with one attached hydrogen (secondary N) is 2. The van der Waals surface area contributed by atoms with Crippen LogP contribution in [0.25, 0.3) is 0 Å². The van der Waals surface area contributed by atoms with Gasteiger partial charge in [0.15, 0.2) is 5.82 Å². The van der Waals surface area contributed by atoms with E-state index in [1.807, 2.05) is 36.4 Å². The lowest BCUT2D eigenvalue weighted by atomic mass is 10.1. The molecule has 1 aromatic carbocycles. The Balaban J connectivity index is 1.57. The van der Waals surface area contributed by atoms with Gasteiger partial charge in [0.1, 0.15) is 0 Å². The summed E-state index contributed by atoms with van der Waals surface area (Å²) in [6.07, 6.45) is 4.97. The van der Waals surface area contributed by atoms with Gasteiger partial charge in [-0.25, -0.2) is 9.78 Å². The number of anilines is 3. The molecule has 1 aliphatic heterocycles. The van der Waals surface area contributed by atoms with Crippen LogP contribution in [0.4, 0.5) is 22.0 Å². The molecule has 0 saturated carbocycles. The standard InChI is InChI=1S/C20H24N4O3/c1-27-18(25)11-8-15-6-9-16(10-7-15)22-20(26)23-17-5-4-12-21-19(17)24-13-2-3-14-24/h4-7,9-10,12H,2-3,8,11,13-14H2,1H3,(H2,22,23,26). The lowest BCUT2D eigenvalue weighted by Crippen LogP contribution is -2.24. The Morgan fingerprint density at radius 1 is 1.11 bits per heavy atom.